The lowest BCUT2D eigenvalue weighted by atomic mass is 10.1. The number of para-hydroxylation sites is 2. The van der Waals surface area contributed by atoms with Gasteiger partial charge in [-0.15, -0.1) is 0 Å². The number of aryl methyl sites for hydroxylation is 1. The highest BCUT2D eigenvalue weighted by Gasteiger charge is 2.21. The number of unbranched alkanes of at least 4 members (excludes halogenated alkanes) is 4. The van der Waals surface area contributed by atoms with Crippen LogP contribution in [0.4, 0.5) is 0 Å². The van der Waals surface area contributed by atoms with Crippen molar-refractivity contribution in [1.82, 2.24) is 24.1 Å². The van der Waals surface area contributed by atoms with E-state index in [4.69, 9.17) is 26.6 Å². The molecule has 0 bridgehead atoms. The van der Waals surface area contributed by atoms with E-state index in [1.807, 2.05) is 60.0 Å². The monoisotopic (exact) mass is 473 g/mol. The molecule has 0 aliphatic heterocycles. The van der Waals surface area contributed by atoms with Crippen LogP contribution in [0.3, 0.4) is 0 Å². The lowest BCUT2D eigenvalue weighted by molar-refractivity contribution is 0.546. The maximum atomic E-state index is 13.8. The van der Waals surface area contributed by atoms with Gasteiger partial charge in [0, 0.05) is 11.6 Å². The molecule has 0 saturated heterocycles. The zero-order chi connectivity index (χ0) is 23.7. The lowest BCUT2D eigenvalue weighted by Gasteiger charge is -2.11. The van der Waals surface area contributed by atoms with Crippen LogP contribution < -0.4 is 5.56 Å². The molecule has 174 valence electrons. The van der Waals surface area contributed by atoms with Gasteiger partial charge in [-0.05, 0) is 43.2 Å². The van der Waals surface area contributed by atoms with Crippen molar-refractivity contribution in [1.29, 1.82) is 0 Å². The second kappa shape index (κ2) is 9.55. The molecule has 0 aliphatic carbocycles. The summed E-state index contributed by atoms with van der Waals surface area (Å²) in [6.07, 6.45) is 5.70. The molecule has 0 spiro atoms. The van der Waals surface area contributed by atoms with Crippen molar-refractivity contribution in [2.45, 2.75) is 59.0 Å². The molecule has 7 heteroatoms. The molecule has 0 aliphatic rings. The van der Waals surface area contributed by atoms with E-state index in [0.717, 1.165) is 35.3 Å². The van der Waals surface area contributed by atoms with Crippen LogP contribution in [0.25, 0.3) is 33.2 Å². The Hall–Kier alpha value is -3.25. The van der Waals surface area contributed by atoms with Gasteiger partial charge in [0.2, 0.25) is 0 Å². The molecular formula is C27H28ClN5O. The summed E-state index contributed by atoms with van der Waals surface area (Å²) in [6, 6.07) is 15.5. The molecule has 0 saturated carbocycles. The molecule has 6 nitrogen and oxygen atoms in total. The highest BCUT2D eigenvalue weighted by Crippen LogP contribution is 2.26. The van der Waals surface area contributed by atoms with Gasteiger partial charge in [0.15, 0.2) is 11.3 Å². The Bertz CT molecular complexity index is 1540. The van der Waals surface area contributed by atoms with Gasteiger partial charge in [-0.25, -0.2) is 15.0 Å². The smallest absolute Gasteiger partial charge is 0.265 e. The minimum atomic E-state index is -0.0394. The van der Waals surface area contributed by atoms with Crippen LogP contribution in [0.1, 0.15) is 50.4 Å². The van der Waals surface area contributed by atoms with Crippen molar-refractivity contribution in [2.24, 2.45) is 0 Å². The molecule has 5 rings (SSSR count). The summed E-state index contributed by atoms with van der Waals surface area (Å²) in [5, 5.41) is 1.23. The molecule has 3 heterocycles. The summed E-state index contributed by atoms with van der Waals surface area (Å²) in [5.74, 6) is 0.720. The third-order valence-corrected chi connectivity index (χ3v) is 6.63. The quantitative estimate of drug-likeness (QED) is 0.249. The number of nitrogens with zero attached hydrogens (tertiary/aromatic N) is 5. The van der Waals surface area contributed by atoms with Gasteiger partial charge in [0.05, 0.1) is 17.6 Å². The van der Waals surface area contributed by atoms with Gasteiger partial charge in [-0.2, -0.15) is 0 Å². The molecular weight excluding hydrogens is 446 g/mol. The third kappa shape index (κ3) is 4.18. The molecule has 0 fully saturated rings. The minimum absolute atomic E-state index is 0.0394. The number of rotatable bonds is 8. The first-order chi connectivity index (χ1) is 16.6. The van der Waals surface area contributed by atoms with E-state index in [9.17, 15) is 4.79 Å². The first-order valence-corrected chi connectivity index (χ1v) is 12.3. The predicted octanol–water partition coefficient (Wildman–Crippen LogP) is 6.27. The van der Waals surface area contributed by atoms with Gasteiger partial charge in [0.25, 0.3) is 5.56 Å². The topological polar surface area (TPSA) is 65.6 Å². The van der Waals surface area contributed by atoms with Gasteiger partial charge < -0.3 is 4.57 Å². The van der Waals surface area contributed by atoms with Crippen LogP contribution in [0, 0.1) is 6.92 Å². The Morgan fingerprint density at radius 2 is 1.53 bits per heavy atom. The van der Waals surface area contributed by atoms with Crippen LogP contribution in [0.2, 0.25) is 5.02 Å². The van der Waals surface area contributed by atoms with Crippen LogP contribution >= 0.6 is 11.6 Å². The molecule has 0 radical (unpaired) electrons. The molecule has 0 amide bonds. The van der Waals surface area contributed by atoms with E-state index in [2.05, 4.69) is 6.92 Å². The van der Waals surface area contributed by atoms with Crippen LogP contribution in [-0.2, 0) is 13.1 Å². The Balaban J connectivity index is 1.69. The summed E-state index contributed by atoms with van der Waals surface area (Å²) in [5.41, 5.74) is 4.49. The molecule has 2 aromatic carbocycles. The summed E-state index contributed by atoms with van der Waals surface area (Å²) in [4.78, 5) is 28.5. The highest BCUT2D eigenvalue weighted by atomic mass is 35.5. The fourth-order valence-corrected chi connectivity index (χ4v) is 4.68. The van der Waals surface area contributed by atoms with Crippen LogP contribution in [0.15, 0.2) is 53.3 Å². The SMILES string of the molecule is CCCCCCCn1c(C)nc2c(c1=O)c1nc3ccccc3nc1n2Cc1ccc(Cl)cc1. The van der Waals surface area contributed by atoms with Crippen LogP contribution in [-0.4, -0.2) is 24.1 Å². The number of aromatic nitrogens is 5. The fraction of sp³-hybridized carbons (Fsp3) is 0.333. The number of hydrogen-bond acceptors (Lipinski definition) is 4. The average molecular weight is 474 g/mol. The minimum Gasteiger partial charge on any atom is -0.304 e. The van der Waals surface area contributed by atoms with E-state index in [1.165, 1.54) is 19.3 Å². The second-order valence-corrected chi connectivity index (χ2v) is 9.26. The summed E-state index contributed by atoms with van der Waals surface area (Å²) in [6.45, 7) is 5.31. The zero-order valence-corrected chi connectivity index (χ0v) is 20.3. The molecule has 3 aromatic heterocycles. The van der Waals surface area contributed by atoms with E-state index in [0.29, 0.717) is 40.3 Å². The molecule has 0 atom stereocenters. The van der Waals surface area contributed by atoms with Crippen molar-refractivity contribution < 1.29 is 0 Å². The normalized spacial score (nSPS) is 11.7. The van der Waals surface area contributed by atoms with Crippen LogP contribution in [0.5, 0.6) is 0 Å². The second-order valence-electron chi connectivity index (χ2n) is 8.83. The van der Waals surface area contributed by atoms with Crippen molar-refractivity contribution in [3.63, 3.8) is 0 Å². The van der Waals surface area contributed by atoms with E-state index < -0.39 is 0 Å². The number of hydrogen-bond donors (Lipinski definition) is 0. The number of fused-ring (bicyclic) bond motifs is 4. The molecule has 0 unspecified atom stereocenters. The summed E-state index contributed by atoms with van der Waals surface area (Å²) < 4.78 is 3.81. The van der Waals surface area contributed by atoms with Crippen molar-refractivity contribution in [2.75, 3.05) is 0 Å². The first kappa shape index (κ1) is 22.5. The Labute approximate surface area is 203 Å². The molecule has 5 aromatic rings. The fourth-order valence-electron chi connectivity index (χ4n) is 4.56. The largest absolute Gasteiger partial charge is 0.304 e. The number of halogens is 1. The summed E-state index contributed by atoms with van der Waals surface area (Å²) >= 11 is 6.09. The summed E-state index contributed by atoms with van der Waals surface area (Å²) in [7, 11) is 0. The van der Waals surface area contributed by atoms with Gasteiger partial charge in [0.1, 0.15) is 16.7 Å². The standard InChI is InChI=1S/C27H28ClN5O/c1-3-4-5-6-9-16-32-18(2)29-25-23(27(32)34)24-26(31-22-11-8-7-10-21(22)30-24)33(25)17-19-12-14-20(28)15-13-19/h7-8,10-15H,3-6,9,16-17H2,1-2H3. The Morgan fingerprint density at radius 3 is 2.26 bits per heavy atom. The van der Waals surface area contributed by atoms with Crippen molar-refractivity contribution in [3.8, 4) is 0 Å². The molecule has 34 heavy (non-hydrogen) atoms. The zero-order valence-electron chi connectivity index (χ0n) is 19.6. The van der Waals surface area contributed by atoms with Crippen molar-refractivity contribution >= 4 is 44.8 Å². The van der Waals surface area contributed by atoms with Gasteiger partial charge in [-0.3, -0.25) is 9.36 Å². The first-order valence-electron chi connectivity index (χ1n) is 12.0. The number of benzene rings is 2. The van der Waals surface area contributed by atoms with Gasteiger partial charge >= 0.3 is 0 Å². The van der Waals surface area contributed by atoms with Crippen molar-refractivity contribution in [3.05, 3.63) is 75.3 Å². The molecule has 0 N–H and O–H groups in total. The van der Waals surface area contributed by atoms with E-state index in [1.54, 1.807) is 4.57 Å². The average Bonchev–Trinajstić information content (AvgIpc) is 3.12. The predicted molar refractivity (Wildman–Crippen MR) is 139 cm³/mol. The lowest BCUT2D eigenvalue weighted by Crippen LogP contribution is -2.24. The highest BCUT2D eigenvalue weighted by molar-refractivity contribution is 6.30. The Morgan fingerprint density at radius 1 is 0.824 bits per heavy atom. The van der Waals surface area contributed by atoms with Gasteiger partial charge in [-0.1, -0.05) is 68.5 Å². The Kier molecular flexibility index (Phi) is 6.33. The maximum Gasteiger partial charge on any atom is 0.265 e. The van der Waals surface area contributed by atoms with E-state index >= 15 is 0 Å². The maximum absolute atomic E-state index is 13.8. The third-order valence-electron chi connectivity index (χ3n) is 6.38. The van der Waals surface area contributed by atoms with E-state index in [-0.39, 0.29) is 5.56 Å².